The highest BCUT2D eigenvalue weighted by Gasteiger charge is 2.12. The predicted molar refractivity (Wildman–Crippen MR) is 69.7 cm³/mol. The van der Waals surface area contributed by atoms with Crippen molar-refractivity contribution in [2.75, 3.05) is 25.0 Å². The number of carbonyl (C=O) groups excluding carboxylic acids is 1. The molecule has 0 radical (unpaired) electrons. The molecular weight excluding hydrogens is 254 g/mol. The molecule has 0 aliphatic rings. The van der Waals surface area contributed by atoms with Crippen LogP contribution >= 0.6 is 11.3 Å². The molecule has 2 N–H and O–H groups in total. The summed E-state index contributed by atoms with van der Waals surface area (Å²) in [6.45, 7) is 3.28. The Hall–Kier alpha value is -1.47. The first-order valence-electron chi connectivity index (χ1n) is 5.75. The Labute approximate surface area is 110 Å². The molecule has 0 bridgehead atoms. The molecule has 0 aliphatic carbocycles. The zero-order valence-corrected chi connectivity index (χ0v) is 11.1. The van der Waals surface area contributed by atoms with Crippen molar-refractivity contribution in [1.82, 2.24) is 9.88 Å². The molecule has 0 saturated heterocycles. The molecule has 1 amide bonds. The van der Waals surface area contributed by atoms with Crippen LogP contribution in [0.1, 0.15) is 19.8 Å². The van der Waals surface area contributed by atoms with E-state index in [0.717, 1.165) is 6.42 Å². The minimum atomic E-state index is -0.851. The summed E-state index contributed by atoms with van der Waals surface area (Å²) in [6, 6.07) is 0. The van der Waals surface area contributed by atoms with Gasteiger partial charge in [-0.05, 0) is 13.0 Å². The van der Waals surface area contributed by atoms with Gasteiger partial charge in [-0.3, -0.25) is 14.5 Å². The van der Waals surface area contributed by atoms with Crippen LogP contribution in [0.3, 0.4) is 0 Å². The third kappa shape index (κ3) is 5.74. The van der Waals surface area contributed by atoms with Crippen molar-refractivity contribution < 1.29 is 14.7 Å². The first kappa shape index (κ1) is 14.6. The average Bonchev–Trinajstić information content (AvgIpc) is 2.78. The number of aromatic nitrogens is 1. The Morgan fingerprint density at radius 3 is 2.83 bits per heavy atom. The van der Waals surface area contributed by atoms with Gasteiger partial charge in [-0.2, -0.15) is 0 Å². The summed E-state index contributed by atoms with van der Waals surface area (Å²) in [5, 5.41) is 13.7. The van der Waals surface area contributed by atoms with Gasteiger partial charge in [0.2, 0.25) is 5.91 Å². The topological polar surface area (TPSA) is 82.5 Å². The van der Waals surface area contributed by atoms with Gasteiger partial charge >= 0.3 is 5.97 Å². The number of nitrogens with one attached hydrogen (secondary N) is 1. The van der Waals surface area contributed by atoms with Crippen LogP contribution in [0.2, 0.25) is 0 Å². The molecule has 100 valence electrons. The summed E-state index contributed by atoms with van der Waals surface area (Å²) in [4.78, 5) is 28.0. The van der Waals surface area contributed by atoms with Gasteiger partial charge in [0, 0.05) is 18.1 Å². The summed E-state index contributed by atoms with van der Waals surface area (Å²) >= 11 is 1.35. The molecule has 7 heteroatoms. The summed E-state index contributed by atoms with van der Waals surface area (Å²) in [5.41, 5.74) is 0. The van der Waals surface area contributed by atoms with Gasteiger partial charge in [0.15, 0.2) is 5.13 Å². The fourth-order valence-corrected chi connectivity index (χ4v) is 2.03. The fraction of sp³-hybridized carbons (Fsp3) is 0.545. The van der Waals surface area contributed by atoms with Gasteiger partial charge in [-0.25, -0.2) is 4.98 Å². The van der Waals surface area contributed by atoms with Gasteiger partial charge < -0.3 is 10.4 Å². The molecule has 0 aromatic carbocycles. The molecule has 1 rings (SSSR count). The molecule has 0 aliphatic heterocycles. The van der Waals surface area contributed by atoms with E-state index < -0.39 is 5.97 Å². The van der Waals surface area contributed by atoms with Crippen LogP contribution in [0.4, 0.5) is 5.13 Å². The molecule has 0 spiro atoms. The standard InChI is InChI=1S/C11H17N3O3S/c1-2-5-14(6-3-10(16)17)8-9(15)13-11-12-4-7-18-11/h4,7H,2-3,5-6,8H2,1H3,(H,16,17)(H,12,13,15). The molecule has 18 heavy (non-hydrogen) atoms. The average molecular weight is 271 g/mol. The summed E-state index contributed by atoms with van der Waals surface area (Å²) in [7, 11) is 0. The highest BCUT2D eigenvalue weighted by atomic mass is 32.1. The van der Waals surface area contributed by atoms with Crippen molar-refractivity contribution >= 4 is 28.3 Å². The van der Waals surface area contributed by atoms with Crippen molar-refractivity contribution in [3.63, 3.8) is 0 Å². The largest absolute Gasteiger partial charge is 0.481 e. The Balaban J connectivity index is 2.39. The lowest BCUT2D eigenvalue weighted by atomic mass is 10.3. The molecule has 1 aromatic rings. The molecule has 1 aromatic heterocycles. The van der Waals surface area contributed by atoms with Gasteiger partial charge in [-0.1, -0.05) is 6.92 Å². The zero-order chi connectivity index (χ0) is 13.4. The number of amides is 1. The molecular formula is C11H17N3O3S. The molecule has 0 atom stereocenters. The molecule has 0 fully saturated rings. The van der Waals surface area contributed by atoms with Gasteiger partial charge in [0.1, 0.15) is 0 Å². The highest BCUT2D eigenvalue weighted by molar-refractivity contribution is 7.13. The minimum absolute atomic E-state index is 0.0462. The zero-order valence-electron chi connectivity index (χ0n) is 10.3. The lowest BCUT2D eigenvalue weighted by molar-refractivity contribution is -0.137. The monoisotopic (exact) mass is 271 g/mol. The number of anilines is 1. The third-order valence-electron chi connectivity index (χ3n) is 2.23. The minimum Gasteiger partial charge on any atom is -0.481 e. The number of thiazole rings is 1. The second kappa shape index (κ2) is 7.78. The van der Waals surface area contributed by atoms with E-state index in [1.807, 2.05) is 11.8 Å². The third-order valence-corrected chi connectivity index (χ3v) is 2.92. The van der Waals surface area contributed by atoms with Crippen molar-refractivity contribution in [2.45, 2.75) is 19.8 Å². The Morgan fingerprint density at radius 1 is 1.50 bits per heavy atom. The number of nitrogens with zero attached hydrogens (tertiary/aromatic N) is 2. The van der Waals surface area contributed by atoms with Crippen LogP contribution in [0.5, 0.6) is 0 Å². The van der Waals surface area contributed by atoms with Gasteiger partial charge in [0.05, 0.1) is 13.0 Å². The van der Waals surface area contributed by atoms with Crippen LogP contribution in [-0.4, -0.2) is 46.5 Å². The van der Waals surface area contributed by atoms with E-state index in [1.165, 1.54) is 11.3 Å². The van der Waals surface area contributed by atoms with E-state index in [4.69, 9.17) is 5.11 Å². The first-order valence-corrected chi connectivity index (χ1v) is 6.63. The molecule has 1 heterocycles. The molecule has 0 unspecified atom stereocenters. The van der Waals surface area contributed by atoms with E-state index >= 15 is 0 Å². The van der Waals surface area contributed by atoms with Gasteiger partial charge in [-0.15, -0.1) is 11.3 Å². The number of carboxylic acids is 1. The van der Waals surface area contributed by atoms with Crippen LogP contribution < -0.4 is 5.32 Å². The van der Waals surface area contributed by atoms with Gasteiger partial charge in [0.25, 0.3) is 0 Å². The van der Waals surface area contributed by atoms with Crippen LogP contribution in [0.15, 0.2) is 11.6 Å². The van der Waals surface area contributed by atoms with Crippen LogP contribution in [0.25, 0.3) is 0 Å². The predicted octanol–water partition coefficient (Wildman–Crippen LogP) is 1.27. The fourth-order valence-electron chi connectivity index (χ4n) is 1.49. The highest BCUT2D eigenvalue weighted by Crippen LogP contribution is 2.10. The van der Waals surface area contributed by atoms with Crippen molar-refractivity contribution in [2.24, 2.45) is 0 Å². The Kier molecular flexibility index (Phi) is 6.31. The Morgan fingerprint density at radius 2 is 2.28 bits per heavy atom. The first-order chi connectivity index (χ1) is 8.61. The number of carboxylic acid groups (broad SMARTS) is 1. The van der Waals surface area contributed by atoms with Crippen molar-refractivity contribution in [1.29, 1.82) is 0 Å². The smallest absolute Gasteiger partial charge is 0.304 e. The normalized spacial score (nSPS) is 10.6. The maximum absolute atomic E-state index is 11.7. The maximum Gasteiger partial charge on any atom is 0.304 e. The van der Waals surface area contributed by atoms with Crippen molar-refractivity contribution in [3.8, 4) is 0 Å². The summed E-state index contributed by atoms with van der Waals surface area (Å²) < 4.78 is 0. The lowest BCUT2D eigenvalue weighted by Crippen LogP contribution is -2.35. The van der Waals surface area contributed by atoms with E-state index in [0.29, 0.717) is 18.2 Å². The summed E-state index contributed by atoms with van der Waals surface area (Å²) in [6.07, 6.45) is 2.54. The van der Waals surface area contributed by atoms with E-state index in [1.54, 1.807) is 11.6 Å². The maximum atomic E-state index is 11.7. The lowest BCUT2D eigenvalue weighted by Gasteiger charge is -2.19. The number of aliphatic carboxylic acids is 1. The number of hydrogen-bond acceptors (Lipinski definition) is 5. The van der Waals surface area contributed by atoms with Crippen LogP contribution in [-0.2, 0) is 9.59 Å². The Bertz CT molecular complexity index is 381. The van der Waals surface area contributed by atoms with E-state index in [-0.39, 0.29) is 18.9 Å². The molecule has 0 saturated carbocycles. The number of carbonyl (C=O) groups is 2. The number of hydrogen-bond donors (Lipinski definition) is 2. The summed E-state index contributed by atoms with van der Waals surface area (Å²) in [5.74, 6) is -1.01. The SMILES string of the molecule is CCCN(CCC(=O)O)CC(=O)Nc1nccs1. The second-order valence-electron chi connectivity index (χ2n) is 3.81. The number of rotatable bonds is 8. The van der Waals surface area contributed by atoms with Crippen LogP contribution in [0, 0.1) is 0 Å². The van der Waals surface area contributed by atoms with Crippen molar-refractivity contribution in [3.05, 3.63) is 11.6 Å². The van der Waals surface area contributed by atoms with E-state index in [9.17, 15) is 9.59 Å². The second-order valence-corrected chi connectivity index (χ2v) is 4.70. The quantitative estimate of drug-likeness (QED) is 0.744. The molecule has 6 nitrogen and oxygen atoms in total. The van der Waals surface area contributed by atoms with E-state index in [2.05, 4.69) is 10.3 Å².